The van der Waals surface area contributed by atoms with Crippen LogP contribution in [0.2, 0.25) is 0 Å². The standard InChI is InChI=1S/C9H10N4/c1-3-13-9(11-2)7-4-5-12-6-8(7)10/h3-6H,1-2,10H2. The molecule has 0 spiro atoms. The molecular weight excluding hydrogens is 164 g/mol. The van der Waals surface area contributed by atoms with Crippen LogP contribution < -0.4 is 5.73 Å². The van der Waals surface area contributed by atoms with Gasteiger partial charge in [-0.15, -0.1) is 0 Å². The third kappa shape index (κ3) is 1.99. The lowest BCUT2D eigenvalue weighted by Gasteiger charge is -2.01. The Kier molecular flexibility index (Phi) is 2.92. The maximum atomic E-state index is 5.66. The summed E-state index contributed by atoms with van der Waals surface area (Å²) in [5, 5.41) is 0. The number of aliphatic imine (C=N–C) groups is 2. The lowest BCUT2D eigenvalue weighted by atomic mass is 10.2. The molecule has 1 heterocycles. The molecule has 1 aromatic rings. The lowest BCUT2D eigenvalue weighted by Crippen LogP contribution is -2.01. The summed E-state index contributed by atoms with van der Waals surface area (Å²) in [4.78, 5) is 11.5. The molecule has 0 aromatic carbocycles. The van der Waals surface area contributed by atoms with Gasteiger partial charge in [-0.3, -0.25) is 4.98 Å². The van der Waals surface area contributed by atoms with Crippen LogP contribution in [-0.4, -0.2) is 17.5 Å². The fourth-order valence-corrected chi connectivity index (χ4v) is 0.892. The average molecular weight is 174 g/mol. The van der Waals surface area contributed by atoms with E-state index < -0.39 is 0 Å². The summed E-state index contributed by atoms with van der Waals surface area (Å²) in [6.45, 7) is 6.86. The second kappa shape index (κ2) is 4.15. The first kappa shape index (κ1) is 9.12. The Morgan fingerprint density at radius 3 is 2.92 bits per heavy atom. The van der Waals surface area contributed by atoms with Crippen LogP contribution in [0.25, 0.3) is 0 Å². The van der Waals surface area contributed by atoms with Crippen molar-refractivity contribution in [2.75, 3.05) is 5.73 Å². The molecule has 66 valence electrons. The van der Waals surface area contributed by atoms with E-state index in [9.17, 15) is 0 Å². The van der Waals surface area contributed by atoms with Crippen LogP contribution in [0.5, 0.6) is 0 Å². The van der Waals surface area contributed by atoms with Gasteiger partial charge in [-0.05, 0) is 12.8 Å². The number of amidine groups is 1. The van der Waals surface area contributed by atoms with Crippen molar-refractivity contribution in [2.24, 2.45) is 9.98 Å². The van der Waals surface area contributed by atoms with Crippen LogP contribution in [0.3, 0.4) is 0 Å². The van der Waals surface area contributed by atoms with E-state index in [4.69, 9.17) is 5.73 Å². The first-order valence-electron chi connectivity index (χ1n) is 3.65. The monoisotopic (exact) mass is 174 g/mol. The second-order valence-corrected chi connectivity index (χ2v) is 2.26. The van der Waals surface area contributed by atoms with Crippen molar-refractivity contribution in [3.05, 3.63) is 36.8 Å². The van der Waals surface area contributed by atoms with Crippen molar-refractivity contribution in [1.82, 2.24) is 4.98 Å². The zero-order chi connectivity index (χ0) is 9.68. The molecule has 0 amide bonds. The minimum Gasteiger partial charge on any atom is -0.397 e. The number of pyridine rings is 1. The number of nitrogens with two attached hydrogens (primary N) is 1. The molecule has 0 aliphatic heterocycles. The molecule has 0 aliphatic carbocycles. The van der Waals surface area contributed by atoms with Crippen LogP contribution in [-0.2, 0) is 0 Å². The topological polar surface area (TPSA) is 63.6 Å². The van der Waals surface area contributed by atoms with Crippen molar-refractivity contribution >= 4 is 18.2 Å². The number of nitrogens with zero attached hydrogens (tertiary/aromatic N) is 3. The van der Waals surface area contributed by atoms with Crippen LogP contribution in [0, 0.1) is 0 Å². The quantitative estimate of drug-likeness (QED) is 0.541. The van der Waals surface area contributed by atoms with Crippen LogP contribution in [0.15, 0.2) is 41.2 Å². The van der Waals surface area contributed by atoms with Gasteiger partial charge in [-0.2, -0.15) is 0 Å². The first-order valence-corrected chi connectivity index (χ1v) is 3.65. The molecule has 13 heavy (non-hydrogen) atoms. The number of hydrogen-bond acceptors (Lipinski definition) is 3. The summed E-state index contributed by atoms with van der Waals surface area (Å²) in [5.74, 6) is 0.454. The van der Waals surface area contributed by atoms with Gasteiger partial charge < -0.3 is 5.73 Å². The molecule has 0 radical (unpaired) electrons. The number of anilines is 1. The Hall–Kier alpha value is -1.97. The maximum Gasteiger partial charge on any atom is 0.160 e. The number of aromatic nitrogens is 1. The fraction of sp³-hybridized carbons (Fsp3) is 0. The Labute approximate surface area is 76.6 Å². The van der Waals surface area contributed by atoms with Crippen molar-refractivity contribution in [3.8, 4) is 0 Å². The lowest BCUT2D eigenvalue weighted by molar-refractivity contribution is 1.32. The van der Waals surface area contributed by atoms with Gasteiger partial charge in [-0.25, -0.2) is 9.98 Å². The average Bonchev–Trinajstić information content (AvgIpc) is 2.16. The van der Waals surface area contributed by atoms with E-state index in [-0.39, 0.29) is 0 Å². The Morgan fingerprint density at radius 1 is 1.62 bits per heavy atom. The summed E-state index contributed by atoms with van der Waals surface area (Å²) in [6.07, 6.45) is 4.55. The molecular formula is C9H10N4. The van der Waals surface area contributed by atoms with Crippen LogP contribution in [0.4, 0.5) is 5.69 Å². The van der Waals surface area contributed by atoms with Gasteiger partial charge in [0.1, 0.15) is 0 Å². The Balaban J connectivity index is 3.19. The third-order valence-electron chi connectivity index (χ3n) is 1.46. The Morgan fingerprint density at radius 2 is 2.38 bits per heavy atom. The van der Waals surface area contributed by atoms with Gasteiger partial charge in [0.2, 0.25) is 0 Å². The zero-order valence-electron chi connectivity index (χ0n) is 7.14. The molecule has 2 N–H and O–H groups in total. The van der Waals surface area contributed by atoms with Gasteiger partial charge in [0.15, 0.2) is 5.84 Å². The molecule has 1 rings (SSSR count). The van der Waals surface area contributed by atoms with Crippen molar-refractivity contribution in [1.29, 1.82) is 0 Å². The zero-order valence-corrected chi connectivity index (χ0v) is 7.14. The predicted molar refractivity (Wildman–Crippen MR) is 54.9 cm³/mol. The highest BCUT2D eigenvalue weighted by Gasteiger charge is 2.03. The summed E-state index contributed by atoms with van der Waals surface area (Å²) >= 11 is 0. The molecule has 0 saturated heterocycles. The highest BCUT2D eigenvalue weighted by atomic mass is 14.9. The van der Waals surface area contributed by atoms with E-state index in [0.29, 0.717) is 17.1 Å². The van der Waals surface area contributed by atoms with Gasteiger partial charge in [-0.1, -0.05) is 6.58 Å². The SMILES string of the molecule is C=CN=C(N=C)c1ccncc1N. The van der Waals surface area contributed by atoms with Crippen molar-refractivity contribution in [2.45, 2.75) is 0 Å². The first-order chi connectivity index (χ1) is 6.29. The van der Waals surface area contributed by atoms with Gasteiger partial charge in [0.05, 0.1) is 11.9 Å². The number of nitrogen functional groups attached to an aromatic ring is 1. The van der Waals surface area contributed by atoms with Crippen LogP contribution in [0.1, 0.15) is 5.56 Å². The summed E-state index contributed by atoms with van der Waals surface area (Å²) in [7, 11) is 0. The highest BCUT2D eigenvalue weighted by Crippen LogP contribution is 2.10. The van der Waals surface area contributed by atoms with E-state index in [1.807, 2.05) is 0 Å². The molecule has 0 atom stereocenters. The molecule has 0 saturated carbocycles. The van der Waals surface area contributed by atoms with E-state index in [1.54, 1.807) is 18.5 Å². The van der Waals surface area contributed by atoms with E-state index in [0.717, 1.165) is 0 Å². The van der Waals surface area contributed by atoms with Crippen molar-refractivity contribution < 1.29 is 0 Å². The van der Waals surface area contributed by atoms with Crippen LogP contribution >= 0.6 is 0 Å². The number of rotatable bonds is 2. The molecule has 0 unspecified atom stereocenters. The predicted octanol–water partition coefficient (Wildman–Crippen LogP) is 1.25. The van der Waals surface area contributed by atoms with E-state index >= 15 is 0 Å². The molecule has 4 nitrogen and oxygen atoms in total. The molecule has 1 aromatic heterocycles. The van der Waals surface area contributed by atoms with Gasteiger partial charge in [0.25, 0.3) is 0 Å². The van der Waals surface area contributed by atoms with Crippen molar-refractivity contribution in [3.63, 3.8) is 0 Å². The van der Waals surface area contributed by atoms with Gasteiger partial charge in [0, 0.05) is 18.0 Å². The van der Waals surface area contributed by atoms with E-state index in [1.165, 1.54) is 6.20 Å². The maximum absolute atomic E-state index is 5.66. The van der Waals surface area contributed by atoms with Gasteiger partial charge >= 0.3 is 0 Å². The minimum absolute atomic E-state index is 0.454. The number of hydrogen-bond donors (Lipinski definition) is 1. The van der Waals surface area contributed by atoms with E-state index in [2.05, 4.69) is 28.3 Å². The fourth-order valence-electron chi connectivity index (χ4n) is 0.892. The molecule has 0 bridgehead atoms. The largest absolute Gasteiger partial charge is 0.397 e. The highest BCUT2D eigenvalue weighted by molar-refractivity contribution is 6.05. The third-order valence-corrected chi connectivity index (χ3v) is 1.46. The minimum atomic E-state index is 0.454. The molecule has 0 aliphatic rings. The smallest absolute Gasteiger partial charge is 0.160 e. The molecule has 0 fully saturated rings. The molecule has 4 heteroatoms. The normalized spacial score (nSPS) is 10.9. The summed E-state index contributed by atoms with van der Waals surface area (Å²) < 4.78 is 0. The second-order valence-electron chi connectivity index (χ2n) is 2.26. The summed E-state index contributed by atoms with van der Waals surface area (Å²) in [5.41, 5.74) is 6.90. The summed E-state index contributed by atoms with van der Waals surface area (Å²) in [6, 6.07) is 1.73. The Bertz CT molecular complexity index is 354.